The summed E-state index contributed by atoms with van der Waals surface area (Å²) >= 11 is 0. The van der Waals surface area contributed by atoms with Crippen LogP contribution in [0.4, 0.5) is 10.1 Å². The summed E-state index contributed by atoms with van der Waals surface area (Å²) in [6.45, 7) is 4.70. The summed E-state index contributed by atoms with van der Waals surface area (Å²) in [7, 11) is 0. The minimum atomic E-state index is -1.37. The molecule has 0 radical (unpaired) electrons. The first-order valence-corrected chi connectivity index (χ1v) is 5.82. The van der Waals surface area contributed by atoms with Gasteiger partial charge in [-0.2, -0.15) is 0 Å². The molecule has 19 heavy (non-hydrogen) atoms. The molecule has 1 amide bonds. The second-order valence-electron chi connectivity index (χ2n) is 4.65. The fourth-order valence-electron chi connectivity index (χ4n) is 1.72. The smallest absolute Gasteiger partial charge is 0.329 e. The standard InChI is InChI=1S/C13H17FN2O3/c1-4-16(13(2,3)12(18)19)11(17)8-5-6-10(15)9(14)7-8/h5-7H,4,15H2,1-3H3,(H,18,19). The molecule has 0 bridgehead atoms. The summed E-state index contributed by atoms with van der Waals surface area (Å²) in [5, 5.41) is 9.15. The highest BCUT2D eigenvalue weighted by atomic mass is 19.1. The number of halogens is 1. The number of amides is 1. The zero-order valence-electron chi connectivity index (χ0n) is 11.1. The van der Waals surface area contributed by atoms with E-state index < -0.39 is 23.2 Å². The fourth-order valence-corrected chi connectivity index (χ4v) is 1.72. The van der Waals surface area contributed by atoms with Gasteiger partial charge in [0.05, 0.1) is 5.69 Å². The number of hydrogen-bond acceptors (Lipinski definition) is 3. The van der Waals surface area contributed by atoms with Gasteiger partial charge in [-0.05, 0) is 39.0 Å². The van der Waals surface area contributed by atoms with E-state index in [1.165, 1.54) is 30.9 Å². The van der Waals surface area contributed by atoms with Crippen molar-refractivity contribution in [1.82, 2.24) is 4.90 Å². The molecule has 1 aromatic rings. The van der Waals surface area contributed by atoms with E-state index in [4.69, 9.17) is 10.8 Å². The Balaban J connectivity index is 3.15. The van der Waals surface area contributed by atoms with Crippen molar-refractivity contribution in [3.63, 3.8) is 0 Å². The number of nitrogen functional groups attached to an aromatic ring is 1. The third kappa shape index (κ3) is 2.83. The van der Waals surface area contributed by atoms with Gasteiger partial charge in [-0.15, -0.1) is 0 Å². The quantitative estimate of drug-likeness (QED) is 0.815. The molecule has 1 rings (SSSR count). The van der Waals surface area contributed by atoms with Gasteiger partial charge in [0.1, 0.15) is 11.4 Å². The lowest BCUT2D eigenvalue weighted by Gasteiger charge is -2.34. The first-order chi connectivity index (χ1) is 8.71. The van der Waals surface area contributed by atoms with Gasteiger partial charge >= 0.3 is 5.97 Å². The summed E-state index contributed by atoms with van der Waals surface area (Å²) in [6.07, 6.45) is 0. The van der Waals surface area contributed by atoms with Crippen LogP contribution in [0.1, 0.15) is 31.1 Å². The summed E-state index contributed by atoms with van der Waals surface area (Å²) < 4.78 is 13.3. The molecule has 0 fully saturated rings. The number of nitrogens with two attached hydrogens (primary N) is 1. The molecule has 0 atom stereocenters. The topological polar surface area (TPSA) is 83.6 Å². The first kappa shape index (κ1) is 14.9. The molecule has 0 spiro atoms. The Morgan fingerprint density at radius 2 is 2.00 bits per heavy atom. The third-order valence-corrected chi connectivity index (χ3v) is 3.01. The van der Waals surface area contributed by atoms with E-state index in [9.17, 15) is 14.0 Å². The Kier molecular flexibility index (Phi) is 4.14. The van der Waals surface area contributed by atoms with Crippen molar-refractivity contribution >= 4 is 17.6 Å². The molecule has 6 heteroatoms. The molecule has 0 aliphatic carbocycles. The van der Waals surface area contributed by atoms with E-state index in [1.54, 1.807) is 6.92 Å². The maximum Gasteiger partial charge on any atom is 0.329 e. The van der Waals surface area contributed by atoms with Crippen LogP contribution >= 0.6 is 0 Å². The maximum absolute atomic E-state index is 13.3. The zero-order valence-corrected chi connectivity index (χ0v) is 11.1. The van der Waals surface area contributed by atoms with E-state index in [0.717, 1.165) is 6.07 Å². The first-order valence-electron chi connectivity index (χ1n) is 5.82. The summed E-state index contributed by atoms with van der Waals surface area (Å²) in [4.78, 5) is 24.6. The second-order valence-corrected chi connectivity index (χ2v) is 4.65. The largest absolute Gasteiger partial charge is 0.480 e. The number of benzene rings is 1. The third-order valence-electron chi connectivity index (χ3n) is 3.01. The number of carboxylic acid groups (broad SMARTS) is 1. The maximum atomic E-state index is 13.3. The molecule has 5 nitrogen and oxygen atoms in total. The highest BCUT2D eigenvalue weighted by Gasteiger charge is 2.37. The molecule has 0 heterocycles. The van der Waals surface area contributed by atoms with Gasteiger partial charge in [0.15, 0.2) is 0 Å². The number of carbonyl (C=O) groups is 2. The van der Waals surface area contributed by atoms with Crippen LogP contribution in [0.2, 0.25) is 0 Å². The SMILES string of the molecule is CCN(C(=O)c1ccc(N)c(F)c1)C(C)(C)C(=O)O. The average Bonchev–Trinajstić information content (AvgIpc) is 2.32. The monoisotopic (exact) mass is 268 g/mol. The van der Waals surface area contributed by atoms with Crippen molar-refractivity contribution in [3.05, 3.63) is 29.6 Å². The van der Waals surface area contributed by atoms with Gasteiger partial charge < -0.3 is 15.7 Å². The molecule has 0 saturated heterocycles. The normalized spacial score (nSPS) is 11.2. The molecule has 0 saturated carbocycles. The molecule has 1 aromatic carbocycles. The van der Waals surface area contributed by atoms with Crippen molar-refractivity contribution in [2.24, 2.45) is 0 Å². The lowest BCUT2D eigenvalue weighted by atomic mass is 10.0. The number of aliphatic carboxylic acids is 1. The number of likely N-dealkylation sites (N-methyl/N-ethyl adjacent to an activating group) is 1. The zero-order chi connectivity index (χ0) is 14.8. The summed E-state index contributed by atoms with van der Waals surface area (Å²) in [6, 6.07) is 3.67. The van der Waals surface area contributed by atoms with E-state index in [0.29, 0.717) is 0 Å². The van der Waals surface area contributed by atoms with Crippen LogP contribution in [-0.4, -0.2) is 34.0 Å². The van der Waals surface area contributed by atoms with E-state index in [1.807, 2.05) is 0 Å². The van der Waals surface area contributed by atoms with E-state index >= 15 is 0 Å². The van der Waals surface area contributed by atoms with Crippen molar-refractivity contribution in [1.29, 1.82) is 0 Å². The number of hydrogen-bond donors (Lipinski definition) is 2. The molecule has 104 valence electrons. The highest BCUT2D eigenvalue weighted by molar-refractivity contribution is 5.97. The Hall–Kier alpha value is -2.11. The van der Waals surface area contributed by atoms with Crippen LogP contribution < -0.4 is 5.73 Å². The second kappa shape index (κ2) is 5.26. The van der Waals surface area contributed by atoms with Gasteiger partial charge in [0.2, 0.25) is 0 Å². The predicted molar refractivity (Wildman–Crippen MR) is 69.2 cm³/mol. The molecular formula is C13H17FN2O3. The number of rotatable bonds is 4. The molecular weight excluding hydrogens is 251 g/mol. The van der Waals surface area contributed by atoms with Crippen molar-refractivity contribution < 1.29 is 19.1 Å². The van der Waals surface area contributed by atoms with Gasteiger partial charge in [0, 0.05) is 12.1 Å². The Morgan fingerprint density at radius 3 is 2.42 bits per heavy atom. The molecule has 0 aliphatic heterocycles. The minimum Gasteiger partial charge on any atom is -0.480 e. The van der Waals surface area contributed by atoms with Crippen LogP contribution in [0.3, 0.4) is 0 Å². The van der Waals surface area contributed by atoms with Gasteiger partial charge in [-0.25, -0.2) is 9.18 Å². The molecule has 3 N–H and O–H groups in total. The molecule has 0 unspecified atom stereocenters. The van der Waals surface area contributed by atoms with Gasteiger partial charge in [-0.1, -0.05) is 0 Å². The fraction of sp³-hybridized carbons (Fsp3) is 0.385. The molecule has 0 aromatic heterocycles. The highest BCUT2D eigenvalue weighted by Crippen LogP contribution is 2.20. The summed E-state index contributed by atoms with van der Waals surface area (Å²) in [5.41, 5.74) is 3.98. The minimum absolute atomic E-state index is 0.0582. The van der Waals surface area contributed by atoms with Crippen molar-refractivity contribution in [2.45, 2.75) is 26.3 Å². The number of anilines is 1. The van der Waals surface area contributed by atoms with E-state index in [-0.39, 0.29) is 17.8 Å². The van der Waals surface area contributed by atoms with Crippen molar-refractivity contribution in [2.75, 3.05) is 12.3 Å². The number of carboxylic acids is 1. The molecule has 0 aliphatic rings. The predicted octanol–water partition coefficient (Wildman–Crippen LogP) is 1.73. The Morgan fingerprint density at radius 1 is 1.42 bits per heavy atom. The van der Waals surface area contributed by atoms with Crippen LogP contribution in [0.5, 0.6) is 0 Å². The van der Waals surface area contributed by atoms with Gasteiger partial charge in [0.25, 0.3) is 5.91 Å². The lowest BCUT2D eigenvalue weighted by molar-refractivity contribution is -0.147. The van der Waals surface area contributed by atoms with Crippen LogP contribution in [0.25, 0.3) is 0 Å². The Labute approximate surface area is 110 Å². The van der Waals surface area contributed by atoms with Gasteiger partial charge in [-0.3, -0.25) is 4.79 Å². The van der Waals surface area contributed by atoms with Crippen molar-refractivity contribution in [3.8, 4) is 0 Å². The Bertz CT molecular complexity index is 515. The average molecular weight is 268 g/mol. The van der Waals surface area contributed by atoms with Crippen LogP contribution in [0.15, 0.2) is 18.2 Å². The van der Waals surface area contributed by atoms with Crippen LogP contribution in [-0.2, 0) is 4.79 Å². The van der Waals surface area contributed by atoms with Crippen LogP contribution in [0, 0.1) is 5.82 Å². The number of carbonyl (C=O) groups excluding carboxylic acids is 1. The van der Waals surface area contributed by atoms with E-state index in [2.05, 4.69) is 0 Å². The lowest BCUT2D eigenvalue weighted by Crippen LogP contribution is -2.52. The summed E-state index contributed by atoms with van der Waals surface area (Å²) in [5.74, 6) is -2.37. The number of nitrogens with zero attached hydrogens (tertiary/aromatic N) is 1.